The molecular weight excluding hydrogens is 442 g/mol. The van der Waals surface area contributed by atoms with Gasteiger partial charge >= 0.3 is 11.8 Å². The highest BCUT2D eigenvalue weighted by molar-refractivity contribution is 6.39. The zero-order valence-corrected chi connectivity index (χ0v) is 18.4. The molecule has 0 saturated carbocycles. The average Bonchev–Trinajstić information content (AvgIpc) is 2.84. The summed E-state index contributed by atoms with van der Waals surface area (Å²) >= 11 is 5.90. The number of hydrazone groups is 1. The molecule has 0 bridgehead atoms. The number of nitrogens with zero attached hydrogens (tertiary/aromatic N) is 1. The van der Waals surface area contributed by atoms with Gasteiger partial charge in [-0.25, -0.2) is 5.43 Å². The van der Waals surface area contributed by atoms with E-state index < -0.39 is 11.8 Å². The Labute approximate surface area is 196 Å². The second-order valence-electron chi connectivity index (χ2n) is 6.73. The van der Waals surface area contributed by atoms with Gasteiger partial charge in [-0.1, -0.05) is 48.5 Å². The molecule has 8 heteroatoms. The van der Waals surface area contributed by atoms with E-state index in [0.717, 1.165) is 5.56 Å². The molecule has 0 atom stereocenters. The lowest BCUT2D eigenvalue weighted by Crippen LogP contribution is -2.32. The predicted molar refractivity (Wildman–Crippen MR) is 129 cm³/mol. The quantitative estimate of drug-likeness (QED) is 0.210. The molecule has 0 spiro atoms. The predicted octanol–water partition coefficient (Wildman–Crippen LogP) is 4.57. The lowest BCUT2D eigenvalue weighted by molar-refractivity contribution is -0.136. The number of hydrogen-bond donors (Lipinski definition) is 2. The molecule has 0 heterocycles. The summed E-state index contributed by atoms with van der Waals surface area (Å²) in [5, 5.41) is 7.01. The third kappa shape index (κ3) is 7.52. The molecule has 0 aliphatic heterocycles. The standard InChI is InChI=1S/C25H22ClN3O4/c1-2-15-32-22-13-11-21(12-14-22)28-24(30)25(31)29-27-16-19-5-3-4-6-23(19)33-17-18-7-9-20(26)10-8-18/h2-14,16H,1,15,17H2,(H,28,30)(H,29,31)/b27-16-. The number of halogens is 1. The Morgan fingerprint density at radius 1 is 0.939 bits per heavy atom. The molecule has 3 aromatic carbocycles. The third-order valence-electron chi connectivity index (χ3n) is 4.28. The Kier molecular flexibility index (Phi) is 8.62. The molecule has 0 saturated heterocycles. The minimum Gasteiger partial charge on any atom is -0.490 e. The maximum Gasteiger partial charge on any atom is 0.329 e. The summed E-state index contributed by atoms with van der Waals surface area (Å²) < 4.78 is 11.2. The van der Waals surface area contributed by atoms with Gasteiger partial charge in [0.25, 0.3) is 0 Å². The van der Waals surface area contributed by atoms with Crippen molar-refractivity contribution in [1.29, 1.82) is 0 Å². The molecule has 33 heavy (non-hydrogen) atoms. The van der Waals surface area contributed by atoms with E-state index in [-0.39, 0.29) is 0 Å². The fraction of sp³-hybridized carbons (Fsp3) is 0.0800. The van der Waals surface area contributed by atoms with Crippen molar-refractivity contribution in [2.45, 2.75) is 6.61 Å². The average molecular weight is 464 g/mol. The first-order chi connectivity index (χ1) is 16.0. The minimum atomic E-state index is -0.905. The molecule has 0 aliphatic carbocycles. The minimum absolute atomic E-state index is 0.341. The first kappa shape index (κ1) is 23.6. The van der Waals surface area contributed by atoms with Crippen molar-refractivity contribution in [3.05, 3.63) is 102 Å². The van der Waals surface area contributed by atoms with Gasteiger partial charge in [0, 0.05) is 16.3 Å². The van der Waals surface area contributed by atoms with E-state index in [1.807, 2.05) is 24.3 Å². The fourth-order valence-corrected chi connectivity index (χ4v) is 2.78. The van der Waals surface area contributed by atoms with E-state index in [4.69, 9.17) is 21.1 Å². The van der Waals surface area contributed by atoms with Crippen LogP contribution in [0.4, 0.5) is 5.69 Å². The summed E-state index contributed by atoms with van der Waals surface area (Å²) in [6, 6.07) is 21.1. The van der Waals surface area contributed by atoms with Gasteiger partial charge in [0.15, 0.2) is 0 Å². The van der Waals surface area contributed by atoms with E-state index in [1.54, 1.807) is 54.6 Å². The van der Waals surface area contributed by atoms with Crippen LogP contribution in [0.5, 0.6) is 11.5 Å². The lowest BCUT2D eigenvalue weighted by atomic mass is 10.2. The number of benzene rings is 3. The second-order valence-corrected chi connectivity index (χ2v) is 7.17. The molecule has 2 amide bonds. The van der Waals surface area contributed by atoms with E-state index in [1.165, 1.54) is 6.21 Å². The molecule has 2 N–H and O–H groups in total. The number of anilines is 1. The Balaban J connectivity index is 1.52. The summed E-state index contributed by atoms with van der Waals surface area (Å²) in [7, 11) is 0. The van der Waals surface area contributed by atoms with Crippen molar-refractivity contribution in [2.24, 2.45) is 5.10 Å². The Morgan fingerprint density at radius 3 is 2.39 bits per heavy atom. The largest absolute Gasteiger partial charge is 0.490 e. The van der Waals surface area contributed by atoms with Crippen LogP contribution in [0.1, 0.15) is 11.1 Å². The summed E-state index contributed by atoms with van der Waals surface area (Å²) in [4.78, 5) is 24.1. The molecular formula is C25H22ClN3O4. The van der Waals surface area contributed by atoms with Crippen molar-refractivity contribution < 1.29 is 19.1 Å². The van der Waals surface area contributed by atoms with E-state index >= 15 is 0 Å². The summed E-state index contributed by atoms with van der Waals surface area (Å²) in [5.74, 6) is -0.551. The van der Waals surface area contributed by atoms with E-state index in [2.05, 4.69) is 22.4 Å². The molecule has 3 aromatic rings. The van der Waals surface area contributed by atoms with Crippen LogP contribution in [-0.4, -0.2) is 24.6 Å². The number of para-hydroxylation sites is 1. The molecule has 0 radical (unpaired) electrons. The highest BCUT2D eigenvalue weighted by atomic mass is 35.5. The Morgan fingerprint density at radius 2 is 1.67 bits per heavy atom. The van der Waals surface area contributed by atoms with Gasteiger partial charge in [-0.3, -0.25) is 9.59 Å². The monoisotopic (exact) mass is 463 g/mol. The van der Waals surface area contributed by atoms with E-state index in [9.17, 15) is 9.59 Å². The fourth-order valence-electron chi connectivity index (χ4n) is 2.65. The van der Waals surface area contributed by atoms with Crippen LogP contribution in [0.3, 0.4) is 0 Å². The van der Waals surface area contributed by atoms with Gasteiger partial charge in [-0.2, -0.15) is 5.10 Å². The molecule has 0 unspecified atom stereocenters. The smallest absolute Gasteiger partial charge is 0.329 e. The van der Waals surface area contributed by atoms with Crippen molar-refractivity contribution in [2.75, 3.05) is 11.9 Å². The molecule has 0 fully saturated rings. The van der Waals surface area contributed by atoms with Crippen LogP contribution in [-0.2, 0) is 16.2 Å². The molecule has 0 aliphatic rings. The van der Waals surface area contributed by atoms with Crippen molar-refractivity contribution in [1.82, 2.24) is 5.43 Å². The van der Waals surface area contributed by atoms with Gasteiger partial charge in [-0.15, -0.1) is 0 Å². The van der Waals surface area contributed by atoms with Gasteiger partial charge < -0.3 is 14.8 Å². The SMILES string of the molecule is C=CCOc1ccc(NC(=O)C(=O)N/N=C\c2ccccc2OCc2ccc(Cl)cc2)cc1. The van der Waals surface area contributed by atoms with Gasteiger partial charge in [0.2, 0.25) is 0 Å². The first-order valence-corrected chi connectivity index (χ1v) is 10.4. The van der Waals surface area contributed by atoms with Crippen LogP contribution < -0.4 is 20.2 Å². The highest BCUT2D eigenvalue weighted by Crippen LogP contribution is 2.19. The van der Waals surface area contributed by atoms with Gasteiger partial charge in [-0.05, 0) is 54.1 Å². The maximum absolute atomic E-state index is 12.1. The first-order valence-electron chi connectivity index (χ1n) is 9.99. The van der Waals surface area contributed by atoms with Crippen molar-refractivity contribution in [3.8, 4) is 11.5 Å². The normalized spacial score (nSPS) is 10.5. The van der Waals surface area contributed by atoms with Crippen LogP contribution in [0, 0.1) is 0 Å². The van der Waals surface area contributed by atoms with Crippen LogP contribution in [0.25, 0.3) is 0 Å². The Bertz CT molecular complexity index is 1130. The molecule has 7 nitrogen and oxygen atoms in total. The van der Waals surface area contributed by atoms with Gasteiger partial charge in [0.05, 0.1) is 6.21 Å². The summed E-state index contributed by atoms with van der Waals surface area (Å²) in [5.41, 5.74) is 4.26. The summed E-state index contributed by atoms with van der Waals surface area (Å²) in [6.07, 6.45) is 3.04. The van der Waals surface area contributed by atoms with Crippen molar-refractivity contribution >= 4 is 35.3 Å². The molecule has 0 aromatic heterocycles. The molecule has 168 valence electrons. The van der Waals surface area contributed by atoms with Crippen LogP contribution in [0.15, 0.2) is 90.6 Å². The van der Waals surface area contributed by atoms with E-state index in [0.29, 0.717) is 41.0 Å². The zero-order valence-electron chi connectivity index (χ0n) is 17.7. The number of ether oxygens (including phenoxy) is 2. The topological polar surface area (TPSA) is 89.0 Å². The maximum atomic E-state index is 12.1. The number of carbonyl (C=O) groups excluding carboxylic acids is 2. The van der Waals surface area contributed by atoms with Crippen LogP contribution >= 0.6 is 11.6 Å². The zero-order chi connectivity index (χ0) is 23.5. The Hall–Kier alpha value is -4.10. The lowest BCUT2D eigenvalue weighted by Gasteiger charge is -2.09. The van der Waals surface area contributed by atoms with Crippen molar-refractivity contribution in [3.63, 3.8) is 0 Å². The highest BCUT2D eigenvalue weighted by Gasteiger charge is 2.13. The number of nitrogens with one attached hydrogen (secondary N) is 2. The number of carbonyl (C=O) groups is 2. The number of hydrogen-bond acceptors (Lipinski definition) is 5. The number of rotatable bonds is 9. The summed E-state index contributed by atoms with van der Waals surface area (Å²) in [6.45, 7) is 4.29. The van der Waals surface area contributed by atoms with Crippen LogP contribution in [0.2, 0.25) is 5.02 Å². The number of amides is 2. The second kappa shape index (κ2) is 12.1. The van der Waals surface area contributed by atoms with Gasteiger partial charge in [0.1, 0.15) is 24.7 Å². The molecule has 3 rings (SSSR count). The third-order valence-corrected chi connectivity index (χ3v) is 4.53.